The standard InChI is InChI=1S/C31H50O4/c1-19(2)21-11-16-31(35-33)18-17-29(7)22(26(21)31)9-10-24-28(6)14-13-25(34-20(3)32)27(4,5)23(28)12-15-30(24,29)8/h21-26,33H,1,9-18H2,2-8H3/t21-,22+,23-,24+,25-,26+,28-,29+,30+,31-/m0/s1. The van der Waals surface area contributed by atoms with Crippen LogP contribution in [-0.2, 0) is 14.4 Å². The van der Waals surface area contributed by atoms with Crippen LogP contribution in [0.2, 0.25) is 0 Å². The van der Waals surface area contributed by atoms with Crippen molar-refractivity contribution in [1.82, 2.24) is 0 Å². The third-order valence-electron chi connectivity index (χ3n) is 13.4. The average molecular weight is 487 g/mol. The minimum atomic E-state index is -0.373. The number of rotatable bonds is 3. The zero-order chi connectivity index (χ0) is 25.6. The highest BCUT2D eigenvalue weighted by Gasteiger charge is 2.71. The SMILES string of the molecule is C=C(C)[C@@H]1CC[C@]2(OO)CC[C@]3(C)[C@H](CC[C@@H]4[C@@]5(C)CC[C@H](OC(C)=O)C(C)(C)[C@@H]5CC[C@]43C)[C@@H]12. The second-order valence-corrected chi connectivity index (χ2v) is 14.8. The Balaban J connectivity index is 1.51. The van der Waals surface area contributed by atoms with Crippen LogP contribution in [0.1, 0.15) is 113 Å². The summed E-state index contributed by atoms with van der Waals surface area (Å²) in [6, 6.07) is 0. The molecule has 5 aliphatic carbocycles. The van der Waals surface area contributed by atoms with Gasteiger partial charge in [0.2, 0.25) is 0 Å². The molecule has 0 aromatic rings. The molecular formula is C31H50O4. The van der Waals surface area contributed by atoms with E-state index in [0.29, 0.717) is 29.6 Å². The van der Waals surface area contributed by atoms with Crippen molar-refractivity contribution >= 4 is 5.97 Å². The van der Waals surface area contributed by atoms with Crippen LogP contribution < -0.4 is 0 Å². The fourth-order valence-corrected chi connectivity index (χ4v) is 11.6. The quantitative estimate of drug-likeness (QED) is 0.191. The number of carbonyl (C=O) groups excluding carboxylic acids is 1. The van der Waals surface area contributed by atoms with Gasteiger partial charge in [-0.05, 0) is 111 Å². The summed E-state index contributed by atoms with van der Waals surface area (Å²) < 4.78 is 5.89. The fourth-order valence-electron chi connectivity index (χ4n) is 11.6. The Morgan fingerprint density at radius 1 is 0.829 bits per heavy atom. The van der Waals surface area contributed by atoms with E-state index >= 15 is 0 Å². The van der Waals surface area contributed by atoms with Crippen molar-refractivity contribution in [2.45, 2.75) is 124 Å². The fraction of sp³-hybridized carbons (Fsp3) is 0.903. The summed E-state index contributed by atoms with van der Waals surface area (Å²) in [6.07, 6.45) is 11.3. The summed E-state index contributed by atoms with van der Waals surface area (Å²) in [5.74, 6) is 2.52. The Hall–Kier alpha value is -0.870. The van der Waals surface area contributed by atoms with E-state index in [1.54, 1.807) is 6.92 Å². The normalized spacial score (nSPS) is 52.5. The lowest BCUT2D eigenvalue weighted by Gasteiger charge is -2.72. The van der Waals surface area contributed by atoms with E-state index in [2.05, 4.69) is 48.1 Å². The van der Waals surface area contributed by atoms with Crippen LogP contribution in [0.3, 0.4) is 0 Å². The molecule has 4 nitrogen and oxygen atoms in total. The Kier molecular flexibility index (Phi) is 5.94. The van der Waals surface area contributed by atoms with Crippen molar-refractivity contribution < 1.29 is 19.7 Å². The second kappa shape index (κ2) is 8.06. The van der Waals surface area contributed by atoms with Gasteiger partial charge in [0.05, 0.1) is 0 Å². The maximum Gasteiger partial charge on any atom is 0.302 e. The molecular weight excluding hydrogens is 436 g/mol. The van der Waals surface area contributed by atoms with Gasteiger partial charge in [-0.15, -0.1) is 0 Å². The summed E-state index contributed by atoms with van der Waals surface area (Å²) in [4.78, 5) is 17.3. The van der Waals surface area contributed by atoms with Gasteiger partial charge in [-0.1, -0.05) is 46.8 Å². The van der Waals surface area contributed by atoms with E-state index in [1.807, 2.05) is 0 Å². The molecule has 0 radical (unpaired) electrons. The van der Waals surface area contributed by atoms with Crippen LogP contribution in [0.15, 0.2) is 12.2 Å². The maximum atomic E-state index is 11.9. The molecule has 5 aliphatic rings. The zero-order valence-corrected chi connectivity index (χ0v) is 23.4. The number of carbonyl (C=O) groups is 1. The predicted molar refractivity (Wildman–Crippen MR) is 139 cm³/mol. The van der Waals surface area contributed by atoms with Gasteiger partial charge in [-0.3, -0.25) is 10.1 Å². The predicted octanol–water partition coefficient (Wildman–Crippen LogP) is 7.82. The van der Waals surface area contributed by atoms with Crippen molar-refractivity contribution in [3.8, 4) is 0 Å². The van der Waals surface area contributed by atoms with E-state index in [0.717, 1.165) is 38.5 Å². The van der Waals surface area contributed by atoms with Gasteiger partial charge in [0.15, 0.2) is 0 Å². The third-order valence-corrected chi connectivity index (χ3v) is 13.4. The molecule has 5 rings (SSSR count). The summed E-state index contributed by atoms with van der Waals surface area (Å²) in [6.45, 7) is 20.7. The van der Waals surface area contributed by atoms with E-state index < -0.39 is 0 Å². The van der Waals surface area contributed by atoms with Crippen LogP contribution in [0.4, 0.5) is 0 Å². The molecule has 0 spiro atoms. The molecule has 0 amide bonds. The molecule has 1 N–H and O–H groups in total. The molecule has 10 atom stereocenters. The zero-order valence-electron chi connectivity index (χ0n) is 23.4. The summed E-state index contributed by atoms with van der Waals surface area (Å²) in [5.41, 5.74) is 1.68. The monoisotopic (exact) mass is 486 g/mol. The Morgan fingerprint density at radius 2 is 1.54 bits per heavy atom. The molecule has 0 aliphatic heterocycles. The number of allylic oxidation sites excluding steroid dienone is 1. The molecule has 0 bridgehead atoms. The van der Waals surface area contributed by atoms with Crippen molar-refractivity contribution in [1.29, 1.82) is 0 Å². The van der Waals surface area contributed by atoms with Gasteiger partial charge in [0.1, 0.15) is 11.7 Å². The van der Waals surface area contributed by atoms with Crippen LogP contribution >= 0.6 is 0 Å². The smallest absolute Gasteiger partial charge is 0.302 e. The van der Waals surface area contributed by atoms with Gasteiger partial charge >= 0.3 is 5.97 Å². The number of hydrogen-bond acceptors (Lipinski definition) is 4. The molecule has 4 heteroatoms. The molecule has 5 saturated carbocycles. The van der Waals surface area contributed by atoms with Crippen molar-refractivity contribution in [3.05, 3.63) is 12.2 Å². The largest absolute Gasteiger partial charge is 0.462 e. The van der Waals surface area contributed by atoms with E-state index in [9.17, 15) is 10.1 Å². The minimum absolute atomic E-state index is 0.000695. The lowest BCUT2D eigenvalue weighted by atomic mass is 9.33. The molecule has 5 fully saturated rings. The van der Waals surface area contributed by atoms with Gasteiger partial charge in [-0.25, -0.2) is 4.89 Å². The molecule has 0 unspecified atom stereocenters. The summed E-state index contributed by atoms with van der Waals surface area (Å²) in [5, 5.41) is 10.2. The molecule has 0 aromatic carbocycles. The Labute approximate surface area is 213 Å². The van der Waals surface area contributed by atoms with E-state index in [1.165, 1.54) is 31.3 Å². The van der Waals surface area contributed by atoms with Gasteiger partial charge in [0.25, 0.3) is 0 Å². The molecule has 0 heterocycles. The molecule has 0 aromatic heterocycles. The highest BCUT2D eigenvalue weighted by Crippen LogP contribution is 2.76. The van der Waals surface area contributed by atoms with Crippen molar-refractivity contribution in [2.75, 3.05) is 0 Å². The summed E-state index contributed by atoms with van der Waals surface area (Å²) in [7, 11) is 0. The van der Waals surface area contributed by atoms with Crippen LogP contribution in [0, 0.1) is 51.2 Å². The number of fused-ring (bicyclic) bond motifs is 7. The van der Waals surface area contributed by atoms with Crippen molar-refractivity contribution in [3.63, 3.8) is 0 Å². The van der Waals surface area contributed by atoms with Gasteiger partial charge in [0, 0.05) is 18.3 Å². The second-order valence-electron chi connectivity index (χ2n) is 14.8. The van der Waals surface area contributed by atoms with Crippen LogP contribution in [0.5, 0.6) is 0 Å². The number of ether oxygens (including phenoxy) is 1. The topological polar surface area (TPSA) is 55.8 Å². The highest BCUT2D eigenvalue weighted by molar-refractivity contribution is 5.66. The first-order valence-corrected chi connectivity index (χ1v) is 14.4. The van der Waals surface area contributed by atoms with Crippen LogP contribution in [-0.4, -0.2) is 22.9 Å². The lowest BCUT2D eigenvalue weighted by molar-refractivity contribution is -0.361. The van der Waals surface area contributed by atoms with Gasteiger partial charge < -0.3 is 4.74 Å². The Bertz CT molecular complexity index is 894. The average Bonchev–Trinajstić information content (AvgIpc) is 3.16. The minimum Gasteiger partial charge on any atom is -0.462 e. The first kappa shape index (κ1) is 25.8. The number of esters is 1. The number of hydrogen-bond donors (Lipinski definition) is 1. The summed E-state index contributed by atoms with van der Waals surface area (Å²) >= 11 is 0. The van der Waals surface area contributed by atoms with E-state index in [4.69, 9.17) is 9.62 Å². The first-order chi connectivity index (χ1) is 16.3. The molecule has 198 valence electrons. The van der Waals surface area contributed by atoms with Crippen LogP contribution in [0.25, 0.3) is 0 Å². The maximum absolute atomic E-state index is 11.9. The Morgan fingerprint density at radius 3 is 2.17 bits per heavy atom. The third kappa shape index (κ3) is 3.27. The first-order valence-electron chi connectivity index (χ1n) is 14.4. The lowest BCUT2D eigenvalue weighted by Crippen LogP contribution is -2.67. The molecule has 0 saturated heterocycles. The van der Waals surface area contributed by atoms with Crippen molar-refractivity contribution in [2.24, 2.45) is 51.2 Å². The molecule has 35 heavy (non-hydrogen) atoms. The highest BCUT2D eigenvalue weighted by atomic mass is 17.1. The van der Waals surface area contributed by atoms with Gasteiger partial charge in [-0.2, -0.15) is 0 Å². The van der Waals surface area contributed by atoms with E-state index in [-0.39, 0.29) is 39.3 Å².